The molecule has 2 N–H and O–H groups in total. The highest BCUT2D eigenvalue weighted by Gasteiger charge is 2.12. The lowest BCUT2D eigenvalue weighted by Crippen LogP contribution is -2.22. The molecule has 0 saturated heterocycles. The van der Waals surface area contributed by atoms with Gasteiger partial charge in [-0.15, -0.1) is 0 Å². The van der Waals surface area contributed by atoms with E-state index in [0.717, 1.165) is 36.1 Å². The topological polar surface area (TPSA) is 35.2 Å². The third kappa shape index (κ3) is 6.44. The Hall–Kier alpha value is -0.540. The molecular weight excluding hydrogens is 302 g/mol. The molecule has 0 fully saturated rings. The van der Waals surface area contributed by atoms with Crippen LogP contribution in [0.25, 0.3) is 0 Å². The lowest BCUT2D eigenvalue weighted by molar-refractivity contribution is 0.241. The van der Waals surface area contributed by atoms with Gasteiger partial charge in [0.25, 0.3) is 0 Å². The zero-order valence-electron chi connectivity index (χ0n) is 12.5. The van der Waals surface area contributed by atoms with Crippen LogP contribution in [0.5, 0.6) is 5.75 Å². The molecule has 1 aromatic carbocycles. The molecule has 0 aromatic heterocycles. The molecule has 0 amide bonds. The molecule has 0 heterocycles. The second-order valence-electron chi connectivity index (χ2n) is 6.28. The molecule has 1 aromatic rings. The van der Waals surface area contributed by atoms with Gasteiger partial charge in [-0.3, -0.25) is 0 Å². The summed E-state index contributed by atoms with van der Waals surface area (Å²) < 4.78 is 7.01. The van der Waals surface area contributed by atoms with Crippen molar-refractivity contribution >= 4 is 15.9 Å². The minimum atomic E-state index is 0.194. The van der Waals surface area contributed by atoms with Crippen molar-refractivity contribution in [1.82, 2.24) is 0 Å². The number of hydrogen-bond donors (Lipinski definition) is 1. The first kappa shape index (κ1) is 16.5. The minimum Gasteiger partial charge on any atom is -0.493 e. The fourth-order valence-electron chi connectivity index (χ4n) is 1.74. The van der Waals surface area contributed by atoms with Crippen LogP contribution in [0, 0.1) is 5.41 Å². The normalized spacial score (nSPS) is 13.4. The summed E-state index contributed by atoms with van der Waals surface area (Å²) in [5.41, 5.74) is 7.54. The summed E-state index contributed by atoms with van der Waals surface area (Å²) >= 11 is 3.51. The van der Waals surface area contributed by atoms with Gasteiger partial charge in [0.2, 0.25) is 0 Å². The van der Waals surface area contributed by atoms with E-state index in [1.807, 2.05) is 12.1 Å². The van der Waals surface area contributed by atoms with Crippen LogP contribution in [0.1, 0.15) is 46.1 Å². The highest BCUT2D eigenvalue weighted by atomic mass is 79.9. The Labute approximate surface area is 125 Å². The standard InChI is InChI=1S/C16H26BrNO/c1-5-14(18)11-12-10-13(17)6-7-15(12)19-9-8-16(2,3)4/h6-7,10,14H,5,8-9,11,18H2,1-4H3. The van der Waals surface area contributed by atoms with Crippen molar-refractivity contribution in [3.05, 3.63) is 28.2 Å². The van der Waals surface area contributed by atoms with Crippen molar-refractivity contribution < 1.29 is 4.74 Å². The number of hydrogen-bond acceptors (Lipinski definition) is 2. The molecular formula is C16H26BrNO. The van der Waals surface area contributed by atoms with Gasteiger partial charge >= 0.3 is 0 Å². The monoisotopic (exact) mass is 327 g/mol. The highest BCUT2D eigenvalue weighted by Crippen LogP contribution is 2.26. The summed E-state index contributed by atoms with van der Waals surface area (Å²) in [7, 11) is 0. The van der Waals surface area contributed by atoms with Crippen LogP contribution in [0.15, 0.2) is 22.7 Å². The van der Waals surface area contributed by atoms with Gasteiger partial charge in [0, 0.05) is 10.5 Å². The van der Waals surface area contributed by atoms with Crippen LogP contribution in [-0.4, -0.2) is 12.6 Å². The van der Waals surface area contributed by atoms with E-state index < -0.39 is 0 Å². The molecule has 1 atom stereocenters. The van der Waals surface area contributed by atoms with E-state index in [9.17, 15) is 0 Å². The van der Waals surface area contributed by atoms with E-state index in [1.54, 1.807) is 0 Å². The van der Waals surface area contributed by atoms with Crippen LogP contribution in [0.3, 0.4) is 0 Å². The van der Waals surface area contributed by atoms with Crippen LogP contribution in [0.4, 0.5) is 0 Å². The summed E-state index contributed by atoms with van der Waals surface area (Å²) in [5.74, 6) is 0.969. The van der Waals surface area contributed by atoms with Crippen molar-refractivity contribution in [1.29, 1.82) is 0 Å². The number of nitrogens with two attached hydrogens (primary N) is 1. The first-order valence-electron chi connectivity index (χ1n) is 6.98. The van der Waals surface area contributed by atoms with Gasteiger partial charge in [0.05, 0.1) is 6.61 Å². The second kappa shape index (κ2) is 7.30. The predicted octanol–water partition coefficient (Wildman–Crippen LogP) is 4.54. The molecule has 1 unspecified atom stereocenters. The Kier molecular flexibility index (Phi) is 6.34. The van der Waals surface area contributed by atoms with Crippen molar-refractivity contribution in [3.8, 4) is 5.75 Å². The molecule has 3 heteroatoms. The summed E-state index contributed by atoms with van der Waals surface area (Å²) in [6.45, 7) is 9.55. The highest BCUT2D eigenvalue weighted by molar-refractivity contribution is 9.10. The second-order valence-corrected chi connectivity index (χ2v) is 7.20. The number of rotatable bonds is 6. The molecule has 19 heavy (non-hydrogen) atoms. The summed E-state index contributed by atoms with van der Waals surface area (Å²) in [6, 6.07) is 6.36. The fourth-order valence-corrected chi connectivity index (χ4v) is 2.15. The molecule has 0 spiro atoms. The Morgan fingerprint density at radius 2 is 2.00 bits per heavy atom. The van der Waals surface area contributed by atoms with Crippen molar-refractivity contribution in [2.24, 2.45) is 11.1 Å². The maximum absolute atomic E-state index is 6.05. The maximum atomic E-state index is 6.05. The number of ether oxygens (including phenoxy) is 1. The van der Waals surface area contributed by atoms with E-state index in [0.29, 0.717) is 5.41 Å². The Balaban J connectivity index is 2.70. The van der Waals surface area contributed by atoms with Crippen LogP contribution in [0.2, 0.25) is 0 Å². The Bertz CT molecular complexity index is 398. The lowest BCUT2D eigenvalue weighted by Gasteiger charge is -2.20. The van der Waals surface area contributed by atoms with E-state index >= 15 is 0 Å². The predicted molar refractivity (Wildman–Crippen MR) is 85.7 cm³/mol. The van der Waals surface area contributed by atoms with Gasteiger partial charge in [-0.2, -0.15) is 0 Å². The van der Waals surface area contributed by atoms with Crippen molar-refractivity contribution in [3.63, 3.8) is 0 Å². The molecule has 2 nitrogen and oxygen atoms in total. The largest absolute Gasteiger partial charge is 0.493 e. The molecule has 0 bridgehead atoms. The van der Waals surface area contributed by atoms with Gasteiger partial charge in [-0.25, -0.2) is 0 Å². The smallest absolute Gasteiger partial charge is 0.122 e. The van der Waals surface area contributed by atoms with Crippen LogP contribution in [-0.2, 0) is 6.42 Å². The maximum Gasteiger partial charge on any atom is 0.122 e. The lowest BCUT2D eigenvalue weighted by atomic mass is 9.93. The first-order valence-corrected chi connectivity index (χ1v) is 7.78. The van der Waals surface area contributed by atoms with Gasteiger partial charge in [0.15, 0.2) is 0 Å². The van der Waals surface area contributed by atoms with E-state index in [-0.39, 0.29) is 6.04 Å². The third-order valence-electron chi connectivity index (χ3n) is 3.14. The molecule has 1 rings (SSSR count). The number of halogens is 1. The molecule has 0 saturated carbocycles. The van der Waals surface area contributed by atoms with E-state index in [1.165, 1.54) is 5.56 Å². The average molecular weight is 328 g/mol. The van der Waals surface area contributed by atoms with Gasteiger partial charge in [0.1, 0.15) is 5.75 Å². The zero-order valence-corrected chi connectivity index (χ0v) is 14.1. The van der Waals surface area contributed by atoms with E-state index in [2.05, 4.69) is 49.7 Å². The molecule has 0 aliphatic heterocycles. The zero-order chi connectivity index (χ0) is 14.5. The minimum absolute atomic E-state index is 0.194. The number of benzene rings is 1. The molecule has 0 aliphatic rings. The summed E-state index contributed by atoms with van der Waals surface area (Å²) in [4.78, 5) is 0. The third-order valence-corrected chi connectivity index (χ3v) is 3.63. The van der Waals surface area contributed by atoms with Gasteiger partial charge in [-0.1, -0.05) is 43.6 Å². The molecule has 108 valence electrons. The summed E-state index contributed by atoms with van der Waals surface area (Å²) in [6.07, 6.45) is 2.89. The molecule has 0 aliphatic carbocycles. The van der Waals surface area contributed by atoms with Gasteiger partial charge in [-0.05, 0) is 48.4 Å². The fraction of sp³-hybridized carbons (Fsp3) is 0.625. The Morgan fingerprint density at radius 1 is 1.32 bits per heavy atom. The quantitative estimate of drug-likeness (QED) is 0.832. The van der Waals surface area contributed by atoms with Crippen LogP contribution < -0.4 is 10.5 Å². The summed E-state index contributed by atoms with van der Waals surface area (Å²) in [5, 5.41) is 0. The SMILES string of the molecule is CCC(N)Cc1cc(Br)ccc1OCCC(C)(C)C. The van der Waals surface area contributed by atoms with E-state index in [4.69, 9.17) is 10.5 Å². The molecule has 0 radical (unpaired) electrons. The first-order chi connectivity index (χ1) is 8.81. The van der Waals surface area contributed by atoms with Crippen molar-refractivity contribution in [2.75, 3.05) is 6.61 Å². The van der Waals surface area contributed by atoms with Gasteiger partial charge < -0.3 is 10.5 Å². The Morgan fingerprint density at radius 3 is 2.58 bits per heavy atom. The van der Waals surface area contributed by atoms with Crippen LogP contribution >= 0.6 is 15.9 Å². The van der Waals surface area contributed by atoms with Crippen molar-refractivity contribution in [2.45, 2.75) is 53.0 Å². The average Bonchev–Trinajstić information content (AvgIpc) is 2.30.